The third-order valence-electron chi connectivity index (χ3n) is 6.99. The molecule has 0 aliphatic carbocycles. The summed E-state index contributed by atoms with van der Waals surface area (Å²) >= 11 is 0. The first-order valence-corrected chi connectivity index (χ1v) is 13.4. The van der Waals surface area contributed by atoms with Gasteiger partial charge in [-0.25, -0.2) is 18.4 Å². The molecule has 42 heavy (non-hydrogen) atoms. The Kier molecular flexibility index (Phi) is 10.2. The average molecular weight is 578 g/mol. The Morgan fingerprint density at radius 2 is 1.17 bits per heavy atom. The third kappa shape index (κ3) is 7.10. The molecule has 220 valence electrons. The van der Waals surface area contributed by atoms with Crippen LogP contribution in [0.25, 0.3) is 0 Å². The summed E-state index contributed by atoms with van der Waals surface area (Å²) in [6.45, 7) is 3.19. The van der Waals surface area contributed by atoms with E-state index >= 15 is 4.39 Å². The molecule has 1 aliphatic rings. The lowest BCUT2D eigenvalue weighted by atomic mass is 9.80. The number of nitrogens with one attached hydrogen (secondary N) is 1. The normalized spacial score (nSPS) is 15.2. The van der Waals surface area contributed by atoms with Gasteiger partial charge in [0.05, 0.1) is 17.1 Å². The molecule has 7 nitrogen and oxygen atoms in total. The topological polar surface area (TPSA) is 83.1 Å². The minimum Gasteiger partial charge on any atom is -0.432 e. The number of methoxy groups -OCH3 is 2. The molecule has 1 N–H and O–H groups in total. The summed E-state index contributed by atoms with van der Waals surface area (Å²) in [5, 5.41) is 3.02. The number of hydrogen-bond donors (Lipinski definition) is 1. The molecule has 3 aromatic rings. The van der Waals surface area contributed by atoms with Crippen molar-refractivity contribution in [2.45, 2.75) is 45.2 Å². The summed E-state index contributed by atoms with van der Waals surface area (Å²) in [4.78, 5) is 27.5. The highest BCUT2D eigenvalue weighted by atomic mass is 19.2. The Morgan fingerprint density at radius 3 is 1.60 bits per heavy atom. The van der Waals surface area contributed by atoms with Crippen LogP contribution in [0.5, 0.6) is 0 Å². The third-order valence-corrected chi connectivity index (χ3v) is 6.99. The minimum absolute atomic E-state index is 0.0795. The fourth-order valence-corrected chi connectivity index (χ4v) is 4.91. The maximum Gasteiger partial charge on any atom is 0.339 e. The van der Waals surface area contributed by atoms with Crippen molar-refractivity contribution in [2.24, 2.45) is 0 Å². The van der Waals surface area contributed by atoms with Crippen LogP contribution in [0.3, 0.4) is 0 Å². The Balaban J connectivity index is 1.69. The molecule has 1 aliphatic heterocycles. The van der Waals surface area contributed by atoms with Crippen LogP contribution in [0, 0.1) is 11.6 Å². The van der Waals surface area contributed by atoms with E-state index in [1.54, 1.807) is 13.8 Å². The molecular weight excluding hydrogens is 544 g/mol. The first-order valence-electron chi connectivity index (χ1n) is 13.4. The second-order valence-electron chi connectivity index (χ2n) is 9.80. The van der Waals surface area contributed by atoms with E-state index in [0.717, 1.165) is 17.2 Å². The highest BCUT2D eigenvalue weighted by Gasteiger charge is 2.41. The zero-order chi connectivity index (χ0) is 30.2. The van der Waals surface area contributed by atoms with Crippen LogP contribution in [0.2, 0.25) is 0 Å². The number of ether oxygens (including phenoxy) is 4. The van der Waals surface area contributed by atoms with E-state index in [-0.39, 0.29) is 29.6 Å². The molecule has 1 heterocycles. The number of dihydropyridines is 1. The number of carbonyl (C=O) groups excluding carboxylic acids is 2. The maximum absolute atomic E-state index is 15.4. The molecule has 3 aromatic carbocycles. The van der Waals surface area contributed by atoms with Crippen LogP contribution in [0.1, 0.15) is 36.5 Å². The van der Waals surface area contributed by atoms with Gasteiger partial charge in [0.2, 0.25) is 12.6 Å². The van der Waals surface area contributed by atoms with Gasteiger partial charge in [0.1, 0.15) is 0 Å². The number of halogens is 2. The molecule has 0 amide bonds. The van der Waals surface area contributed by atoms with E-state index in [9.17, 15) is 14.0 Å². The van der Waals surface area contributed by atoms with Crippen LogP contribution in [0.15, 0.2) is 101 Å². The summed E-state index contributed by atoms with van der Waals surface area (Å²) in [6.07, 6.45) is -1.46. The van der Waals surface area contributed by atoms with Crippen LogP contribution < -0.4 is 5.32 Å². The fourth-order valence-electron chi connectivity index (χ4n) is 4.91. The molecule has 2 atom stereocenters. The predicted octanol–water partition coefficient (Wildman–Crippen LogP) is 5.72. The van der Waals surface area contributed by atoms with Crippen molar-refractivity contribution in [3.63, 3.8) is 0 Å². The zero-order valence-electron chi connectivity index (χ0n) is 23.9. The molecule has 0 saturated heterocycles. The predicted molar refractivity (Wildman–Crippen MR) is 152 cm³/mol. The van der Waals surface area contributed by atoms with Crippen molar-refractivity contribution >= 4 is 11.9 Å². The number of hydrogen-bond acceptors (Lipinski definition) is 7. The van der Waals surface area contributed by atoms with E-state index in [0.29, 0.717) is 11.4 Å². The first-order chi connectivity index (χ1) is 20.2. The molecule has 0 saturated carbocycles. The van der Waals surface area contributed by atoms with Gasteiger partial charge in [0.15, 0.2) is 11.6 Å². The summed E-state index contributed by atoms with van der Waals surface area (Å²) < 4.78 is 52.1. The molecule has 9 heteroatoms. The smallest absolute Gasteiger partial charge is 0.339 e. The van der Waals surface area contributed by atoms with E-state index in [1.165, 1.54) is 26.4 Å². The van der Waals surface area contributed by atoms with Crippen molar-refractivity contribution in [3.05, 3.63) is 130 Å². The number of benzene rings is 3. The van der Waals surface area contributed by atoms with Crippen molar-refractivity contribution in [3.8, 4) is 0 Å². The van der Waals surface area contributed by atoms with Gasteiger partial charge < -0.3 is 24.3 Å². The summed E-state index contributed by atoms with van der Waals surface area (Å²) in [6, 6.07) is 22.2. The minimum atomic E-state index is -1.34. The second-order valence-corrected chi connectivity index (χ2v) is 9.80. The Morgan fingerprint density at radius 1 is 0.714 bits per heavy atom. The molecule has 0 spiro atoms. The second kappa shape index (κ2) is 14.0. The number of carbonyl (C=O) groups is 2. The lowest BCUT2D eigenvalue weighted by molar-refractivity contribution is -0.169. The van der Waals surface area contributed by atoms with Gasteiger partial charge >= 0.3 is 11.9 Å². The van der Waals surface area contributed by atoms with Crippen LogP contribution in [0.4, 0.5) is 8.78 Å². The van der Waals surface area contributed by atoms with E-state index in [2.05, 4.69) is 5.32 Å². The lowest BCUT2D eigenvalue weighted by Crippen LogP contribution is -2.36. The summed E-state index contributed by atoms with van der Waals surface area (Å²) in [7, 11) is 2.80. The Hall–Kier alpha value is -4.34. The van der Waals surface area contributed by atoms with Gasteiger partial charge in [-0.15, -0.1) is 0 Å². The van der Waals surface area contributed by atoms with Gasteiger partial charge in [0.25, 0.3) is 0 Å². The number of rotatable bonds is 11. The van der Waals surface area contributed by atoms with Crippen molar-refractivity contribution in [2.75, 3.05) is 14.2 Å². The molecule has 0 unspecified atom stereocenters. The fraction of sp³-hybridized carbons (Fsp3) is 0.273. The van der Waals surface area contributed by atoms with Crippen molar-refractivity contribution in [1.29, 1.82) is 0 Å². The lowest BCUT2D eigenvalue weighted by Gasteiger charge is -2.32. The van der Waals surface area contributed by atoms with Crippen molar-refractivity contribution < 1.29 is 37.3 Å². The molecule has 4 rings (SSSR count). The standard InChI is InChI=1S/C33H33F2NO6/c1-20-28(32(37)41-26(39-3)18-22-12-7-5-8-13-22)30(24-16-11-17-25(34)31(24)35)29(21(2)36-20)33(38)42-27(40-4)19-23-14-9-6-10-15-23/h5-17,26-27,30,36H,18-19H2,1-4H3/t26-,27-/m0/s1. The van der Waals surface area contributed by atoms with E-state index < -0.39 is 42.1 Å². The monoisotopic (exact) mass is 577 g/mol. The van der Waals surface area contributed by atoms with Crippen LogP contribution in [-0.4, -0.2) is 38.7 Å². The highest BCUT2D eigenvalue weighted by molar-refractivity contribution is 6.00. The Labute approximate surface area is 243 Å². The van der Waals surface area contributed by atoms with Crippen molar-refractivity contribution in [1.82, 2.24) is 5.32 Å². The van der Waals surface area contributed by atoms with Crippen LogP contribution >= 0.6 is 0 Å². The van der Waals surface area contributed by atoms with E-state index in [1.807, 2.05) is 60.7 Å². The summed E-state index contributed by atoms with van der Waals surface area (Å²) in [5.74, 6) is -5.38. The van der Waals surface area contributed by atoms with Gasteiger partial charge in [-0.1, -0.05) is 72.8 Å². The summed E-state index contributed by atoms with van der Waals surface area (Å²) in [5.41, 5.74) is 1.97. The molecule has 0 fully saturated rings. The average Bonchev–Trinajstić information content (AvgIpc) is 2.98. The van der Waals surface area contributed by atoms with Gasteiger partial charge in [0, 0.05) is 44.0 Å². The largest absolute Gasteiger partial charge is 0.432 e. The van der Waals surface area contributed by atoms with Gasteiger partial charge in [-0.05, 0) is 31.0 Å². The van der Waals surface area contributed by atoms with E-state index in [4.69, 9.17) is 18.9 Å². The Bertz CT molecular complexity index is 1390. The van der Waals surface area contributed by atoms with Crippen LogP contribution in [-0.2, 0) is 41.4 Å². The van der Waals surface area contributed by atoms with Gasteiger partial charge in [-0.2, -0.15) is 0 Å². The molecule has 0 radical (unpaired) electrons. The number of esters is 2. The zero-order valence-corrected chi connectivity index (χ0v) is 23.9. The quantitative estimate of drug-likeness (QED) is 0.231. The van der Waals surface area contributed by atoms with Gasteiger partial charge in [-0.3, -0.25) is 0 Å². The SMILES string of the molecule is CO[C@H](Cc1ccccc1)OC(=O)C1=C(C)NC(C)=C(C(=O)O[C@@H](Cc2ccccc2)OC)C1c1cccc(F)c1F. The molecule has 0 aromatic heterocycles. The molecule has 0 bridgehead atoms. The highest BCUT2D eigenvalue weighted by Crippen LogP contribution is 2.41. The molecular formula is C33H33F2NO6. The first kappa shape index (κ1) is 30.6. The number of allylic oxidation sites excluding steroid dienone is 2. The maximum atomic E-state index is 15.4.